The number of carbonyl (C=O) groups is 1. The minimum Gasteiger partial charge on any atom is -0.507 e. The van der Waals surface area contributed by atoms with Gasteiger partial charge in [-0.15, -0.1) is 0 Å². The number of allylic oxidation sites excluding steroid dienone is 2. The molecule has 0 radical (unpaired) electrons. The lowest BCUT2D eigenvalue weighted by atomic mass is 9.67. The maximum Gasteiger partial charge on any atom is 0.162 e. The lowest BCUT2D eigenvalue weighted by Gasteiger charge is -2.45. The fourth-order valence-electron chi connectivity index (χ4n) is 5.49. The van der Waals surface area contributed by atoms with Crippen molar-refractivity contribution in [3.8, 4) is 0 Å². The highest BCUT2D eigenvalue weighted by Gasteiger charge is 2.47. The number of nitrogens with one attached hydrogen (secondary N) is 1. The molecule has 0 saturated carbocycles. The van der Waals surface area contributed by atoms with Crippen LogP contribution in [0.5, 0.6) is 0 Å². The largest absolute Gasteiger partial charge is 0.507 e. The zero-order valence-corrected chi connectivity index (χ0v) is 21.7. The number of Topliss-reactive ketones (excluding diaryl/α,β-unsaturated/α-hetero) is 1. The molecule has 1 aliphatic carbocycles. The van der Waals surface area contributed by atoms with Gasteiger partial charge in [-0.2, -0.15) is 0 Å². The zero-order chi connectivity index (χ0) is 26.5. The third-order valence-electron chi connectivity index (χ3n) is 7.22. The smallest absolute Gasteiger partial charge is 0.162 e. The van der Waals surface area contributed by atoms with Crippen molar-refractivity contribution in [1.29, 1.82) is 5.41 Å². The van der Waals surface area contributed by atoms with Gasteiger partial charge >= 0.3 is 0 Å². The van der Waals surface area contributed by atoms with Crippen LogP contribution in [0, 0.1) is 23.6 Å². The van der Waals surface area contributed by atoms with Gasteiger partial charge in [-0.1, -0.05) is 80.0 Å². The number of hydrogen-bond acceptors (Lipinski definition) is 3. The molecule has 0 fully saturated rings. The van der Waals surface area contributed by atoms with Gasteiger partial charge in [-0.25, -0.2) is 4.39 Å². The maximum absolute atomic E-state index is 15.4. The summed E-state index contributed by atoms with van der Waals surface area (Å²) in [6.45, 7) is 5.91. The van der Waals surface area contributed by atoms with Crippen LogP contribution < -0.4 is 4.90 Å². The van der Waals surface area contributed by atoms with Crippen LogP contribution in [-0.4, -0.2) is 16.7 Å². The standard InChI is InChI=1S/C31H28ClFN2O2/c1-18-21(32)13-9-15-23(18)35-24-16-31(2,3)17-25(36)27(24)26(20-12-7-8-14-22(20)33)28(30(35)34)29(37)19-10-5-4-6-11-19/h4-15,26,34,37H,16-17H2,1-3H3/b29-28+,34-30?. The predicted octanol–water partition coefficient (Wildman–Crippen LogP) is 7.98. The van der Waals surface area contributed by atoms with Crippen molar-refractivity contribution < 1.29 is 14.3 Å². The average Bonchev–Trinajstić information content (AvgIpc) is 2.85. The van der Waals surface area contributed by atoms with Crippen molar-refractivity contribution in [1.82, 2.24) is 0 Å². The highest BCUT2D eigenvalue weighted by molar-refractivity contribution is 6.32. The molecule has 1 heterocycles. The number of ketones is 1. The van der Waals surface area contributed by atoms with E-state index in [0.717, 1.165) is 5.56 Å². The number of aliphatic hydroxyl groups excluding tert-OH is 1. The number of hydrogen-bond donors (Lipinski definition) is 2. The van der Waals surface area contributed by atoms with Crippen molar-refractivity contribution >= 4 is 34.7 Å². The monoisotopic (exact) mass is 514 g/mol. The minimum atomic E-state index is -0.928. The molecule has 5 rings (SSSR count). The van der Waals surface area contributed by atoms with Crippen LogP contribution in [0.2, 0.25) is 5.02 Å². The van der Waals surface area contributed by atoms with E-state index in [9.17, 15) is 15.3 Å². The van der Waals surface area contributed by atoms with Crippen LogP contribution in [0.25, 0.3) is 5.76 Å². The molecule has 3 aromatic carbocycles. The number of anilines is 1. The first kappa shape index (κ1) is 25.0. The van der Waals surface area contributed by atoms with Crippen molar-refractivity contribution in [3.05, 3.63) is 117 Å². The SMILES string of the molecule is Cc1c(Cl)cccc1N1C(=N)/C(=C(/O)c2ccccc2)C(c2ccccc2F)C2=C1CC(C)(C)CC2=O. The van der Waals surface area contributed by atoms with E-state index in [2.05, 4.69) is 0 Å². The molecule has 1 aliphatic heterocycles. The molecular formula is C31H28ClFN2O2. The van der Waals surface area contributed by atoms with Crippen LogP contribution in [0.4, 0.5) is 10.1 Å². The minimum absolute atomic E-state index is 0.00998. The highest BCUT2D eigenvalue weighted by atomic mass is 35.5. The van der Waals surface area contributed by atoms with E-state index in [1.54, 1.807) is 59.5 Å². The first-order valence-electron chi connectivity index (χ1n) is 12.2. The Labute approximate surface area is 221 Å². The van der Waals surface area contributed by atoms with Crippen molar-refractivity contribution in [2.24, 2.45) is 5.41 Å². The topological polar surface area (TPSA) is 64.4 Å². The highest BCUT2D eigenvalue weighted by Crippen LogP contribution is 2.52. The van der Waals surface area contributed by atoms with Gasteiger partial charge in [0.25, 0.3) is 0 Å². The third kappa shape index (κ3) is 4.27. The molecule has 4 nitrogen and oxygen atoms in total. The molecule has 37 heavy (non-hydrogen) atoms. The fourth-order valence-corrected chi connectivity index (χ4v) is 5.66. The Hall–Kier alpha value is -3.70. The number of nitrogens with zero attached hydrogens (tertiary/aromatic N) is 1. The molecule has 0 spiro atoms. The summed E-state index contributed by atoms with van der Waals surface area (Å²) >= 11 is 6.49. The lowest BCUT2D eigenvalue weighted by Crippen LogP contribution is -2.45. The molecule has 188 valence electrons. The summed E-state index contributed by atoms with van der Waals surface area (Å²) in [5.41, 5.74) is 3.03. The lowest BCUT2D eigenvalue weighted by molar-refractivity contribution is -0.118. The molecule has 0 saturated heterocycles. The Morgan fingerprint density at radius 3 is 2.41 bits per heavy atom. The Bertz CT molecular complexity index is 1490. The Kier molecular flexibility index (Phi) is 6.28. The summed E-state index contributed by atoms with van der Waals surface area (Å²) in [5.74, 6) is -1.70. The van der Waals surface area contributed by atoms with Gasteiger partial charge in [0.15, 0.2) is 5.78 Å². The van der Waals surface area contributed by atoms with E-state index < -0.39 is 11.7 Å². The maximum atomic E-state index is 15.4. The van der Waals surface area contributed by atoms with Gasteiger partial charge < -0.3 is 5.11 Å². The van der Waals surface area contributed by atoms with E-state index >= 15 is 4.39 Å². The quantitative estimate of drug-likeness (QED) is 0.348. The summed E-state index contributed by atoms with van der Waals surface area (Å²) in [6, 6.07) is 20.6. The molecule has 0 aromatic heterocycles. The molecule has 6 heteroatoms. The molecule has 3 aromatic rings. The van der Waals surface area contributed by atoms with Crippen molar-refractivity contribution in [2.45, 2.75) is 39.5 Å². The molecular weight excluding hydrogens is 487 g/mol. The summed E-state index contributed by atoms with van der Waals surface area (Å²) in [6.07, 6.45) is 0.790. The van der Waals surface area contributed by atoms with Gasteiger partial charge in [-0.3, -0.25) is 15.1 Å². The summed E-state index contributed by atoms with van der Waals surface area (Å²) in [7, 11) is 0. The number of rotatable bonds is 3. The van der Waals surface area contributed by atoms with Crippen molar-refractivity contribution in [2.75, 3.05) is 4.90 Å². The zero-order valence-electron chi connectivity index (χ0n) is 21.0. The van der Waals surface area contributed by atoms with E-state index in [1.807, 2.05) is 32.9 Å². The Balaban J connectivity index is 1.90. The normalized spacial score (nSPS) is 20.7. The number of carbonyl (C=O) groups excluding carboxylic acids is 1. The van der Waals surface area contributed by atoms with Gasteiger partial charge in [-0.05, 0) is 42.5 Å². The molecule has 1 unspecified atom stereocenters. The second-order valence-corrected chi connectivity index (χ2v) is 10.9. The van der Waals surface area contributed by atoms with Crippen LogP contribution in [0.3, 0.4) is 0 Å². The second-order valence-electron chi connectivity index (χ2n) is 10.5. The molecule has 2 aliphatic rings. The number of halogens is 2. The predicted molar refractivity (Wildman–Crippen MR) is 147 cm³/mol. The average molecular weight is 515 g/mol. The second kappa shape index (κ2) is 9.31. The van der Waals surface area contributed by atoms with Crippen LogP contribution in [-0.2, 0) is 4.79 Å². The summed E-state index contributed by atoms with van der Waals surface area (Å²) in [5, 5.41) is 21.6. The van der Waals surface area contributed by atoms with Gasteiger partial charge in [0.2, 0.25) is 0 Å². The van der Waals surface area contributed by atoms with E-state index in [-0.39, 0.29) is 40.4 Å². The van der Waals surface area contributed by atoms with Gasteiger partial charge in [0.1, 0.15) is 17.4 Å². The van der Waals surface area contributed by atoms with E-state index in [4.69, 9.17) is 11.6 Å². The van der Waals surface area contributed by atoms with Crippen LogP contribution in [0.1, 0.15) is 49.3 Å². The first-order valence-corrected chi connectivity index (χ1v) is 12.6. The van der Waals surface area contributed by atoms with Gasteiger partial charge in [0, 0.05) is 45.3 Å². The number of aliphatic hydroxyl groups is 1. The van der Waals surface area contributed by atoms with E-state index in [1.165, 1.54) is 6.07 Å². The Morgan fingerprint density at radius 2 is 1.70 bits per heavy atom. The van der Waals surface area contributed by atoms with Crippen molar-refractivity contribution in [3.63, 3.8) is 0 Å². The Morgan fingerprint density at radius 1 is 1.03 bits per heavy atom. The number of benzene rings is 3. The molecule has 2 N–H and O–H groups in total. The van der Waals surface area contributed by atoms with Crippen LogP contribution >= 0.6 is 11.6 Å². The number of amidine groups is 1. The first-order chi connectivity index (χ1) is 17.6. The van der Waals surface area contributed by atoms with Gasteiger partial charge in [0.05, 0.1) is 5.69 Å². The summed E-state index contributed by atoms with van der Waals surface area (Å²) < 4.78 is 15.4. The van der Waals surface area contributed by atoms with Crippen LogP contribution in [0.15, 0.2) is 89.6 Å². The third-order valence-corrected chi connectivity index (χ3v) is 7.63. The van der Waals surface area contributed by atoms with E-state index in [0.29, 0.717) is 34.0 Å². The molecule has 1 atom stereocenters. The molecule has 0 amide bonds. The summed E-state index contributed by atoms with van der Waals surface area (Å²) in [4.78, 5) is 15.6. The fraction of sp³-hybridized carbons (Fsp3) is 0.226. The molecule has 0 bridgehead atoms.